The van der Waals surface area contributed by atoms with Crippen molar-refractivity contribution in [2.75, 3.05) is 0 Å². The van der Waals surface area contributed by atoms with Crippen LogP contribution < -0.4 is 0 Å². The summed E-state index contributed by atoms with van der Waals surface area (Å²) < 4.78 is 3.29. The number of aryl methyl sites for hydroxylation is 2. The molecule has 0 aliphatic heterocycles. The summed E-state index contributed by atoms with van der Waals surface area (Å²) >= 11 is 0. The standard InChI is InChI=1S/C13H13N7/c1-10-6-11(2)20(18-10)13-17-15-9-19(13)16-8-12-4-3-5-14-7-12/h3-9H,1-2H3/b16-8-. The van der Waals surface area contributed by atoms with Gasteiger partial charge in [0, 0.05) is 23.7 Å². The lowest BCUT2D eigenvalue weighted by molar-refractivity contribution is 0.717. The second kappa shape index (κ2) is 5.04. The minimum absolute atomic E-state index is 0.552. The van der Waals surface area contributed by atoms with E-state index in [2.05, 4.69) is 25.4 Å². The van der Waals surface area contributed by atoms with Crippen LogP contribution in [0.25, 0.3) is 5.95 Å². The summed E-state index contributed by atoms with van der Waals surface area (Å²) in [4.78, 5) is 4.03. The Morgan fingerprint density at radius 3 is 2.90 bits per heavy atom. The fourth-order valence-electron chi connectivity index (χ4n) is 1.86. The summed E-state index contributed by atoms with van der Waals surface area (Å²) in [5.74, 6) is 0.552. The molecule has 0 aliphatic rings. The average Bonchev–Trinajstić information content (AvgIpc) is 3.03. The molecule has 0 atom stereocenters. The molecule has 0 saturated carbocycles. The molecular formula is C13H13N7. The van der Waals surface area contributed by atoms with Crippen molar-refractivity contribution >= 4 is 6.21 Å². The van der Waals surface area contributed by atoms with E-state index < -0.39 is 0 Å². The van der Waals surface area contributed by atoms with Crippen LogP contribution in [0.15, 0.2) is 42.0 Å². The van der Waals surface area contributed by atoms with Crippen LogP contribution in [0.1, 0.15) is 17.0 Å². The van der Waals surface area contributed by atoms with Crippen molar-refractivity contribution < 1.29 is 0 Å². The van der Waals surface area contributed by atoms with Crippen LogP contribution in [0.3, 0.4) is 0 Å². The van der Waals surface area contributed by atoms with E-state index in [0.717, 1.165) is 17.0 Å². The molecule has 0 bridgehead atoms. The molecule has 0 amide bonds. The Morgan fingerprint density at radius 1 is 1.30 bits per heavy atom. The van der Waals surface area contributed by atoms with E-state index in [1.807, 2.05) is 32.0 Å². The highest BCUT2D eigenvalue weighted by Gasteiger charge is 2.10. The van der Waals surface area contributed by atoms with Crippen molar-refractivity contribution in [3.8, 4) is 5.95 Å². The first-order valence-electron chi connectivity index (χ1n) is 6.12. The van der Waals surface area contributed by atoms with Crippen LogP contribution >= 0.6 is 0 Å². The zero-order valence-corrected chi connectivity index (χ0v) is 11.2. The molecular weight excluding hydrogens is 254 g/mol. The summed E-state index contributed by atoms with van der Waals surface area (Å²) in [7, 11) is 0. The first-order valence-corrected chi connectivity index (χ1v) is 6.12. The summed E-state index contributed by atoms with van der Waals surface area (Å²) in [6, 6.07) is 5.75. The van der Waals surface area contributed by atoms with Crippen LogP contribution in [0, 0.1) is 13.8 Å². The highest BCUT2D eigenvalue weighted by Crippen LogP contribution is 2.09. The molecule has 0 saturated heterocycles. The molecule has 100 valence electrons. The maximum absolute atomic E-state index is 4.38. The van der Waals surface area contributed by atoms with Gasteiger partial charge < -0.3 is 0 Å². The number of nitrogens with zero attached hydrogens (tertiary/aromatic N) is 7. The van der Waals surface area contributed by atoms with Gasteiger partial charge in [-0.2, -0.15) is 14.9 Å². The predicted octanol–water partition coefficient (Wildman–Crippen LogP) is 1.36. The maximum atomic E-state index is 4.38. The monoisotopic (exact) mass is 267 g/mol. The fraction of sp³-hybridized carbons (Fsp3) is 0.154. The van der Waals surface area contributed by atoms with E-state index >= 15 is 0 Å². The van der Waals surface area contributed by atoms with Gasteiger partial charge in [-0.1, -0.05) is 6.07 Å². The molecule has 7 heteroatoms. The lowest BCUT2D eigenvalue weighted by Crippen LogP contribution is -2.06. The predicted molar refractivity (Wildman–Crippen MR) is 73.8 cm³/mol. The fourth-order valence-corrected chi connectivity index (χ4v) is 1.86. The second-order valence-electron chi connectivity index (χ2n) is 4.35. The first-order chi connectivity index (χ1) is 9.74. The van der Waals surface area contributed by atoms with Gasteiger partial charge in [0.1, 0.15) is 6.33 Å². The Balaban J connectivity index is 1.95. The van der Waals surface area contributed by atoms with Gasteiger partial charge in [0.25, 0.3) is 5.95 Å². The van der Waals surface area contributed by atoms with Crippen LogP contribution in [0.2, 0.25) is 0 Å². The van der Waals surface area contributed by atoms with Gasteiger partial charge in [0.2, 0.25) is 0 Å². The summed E-state index contributed by atoms with van der Waals surface area (Å²) in [6.45, 7) is 3.90. The number of rotatable bonds is 3. The Hall–Kier alpha value is -2.83. The Labute approximate surface area is 115 Å². The lowest BCUT2D eigenvalue weighted by Gasteiger charge is -2.02. The highest BCUT2D eigenvalue weighted by atomic mass is 15.5. The van der Waals surface area contributed by atoms with Gasteiger partial charge in [-0.05, 0) is 26.0 Å². The molecule has 0 N–H and O–H groups in total. The average molecular weight is 267 g/mol. The number of hydrogen-bond donors (Lipinski definition) is 0. The normalized spacial score (nSPS) is 11.3. The van der Waals surface area contributed by atoms with Crippen molar-refractivity contribution in [2.45, 2.75) is 13.8 Å². The summed E-state index contributed by atoms with van der Waals surface area (Å²) in [6.07, 6.45) is 6.69. The van der Waals surface area contributed by atoms with E-state index in [1.165, 1.54) is 0 Å². The van der Waals surface area contributed by atoms with Gasteiger partial charge in [0.15, 0.2) is 0 Å². The minimum Gasteiger partial charge on any atom is -0.264 e. The van der Waals surface area contributed by atoms with E-state index in [0.29, 0.717) is 5.95 Å². The maximum Gasteiger partial charge on any atom is 0.273 e. The molecule has 3 rings (SSSR count). The summed E-state index contributed by atoms with van der Waals surface area (Å²) in [5, 5.41) is 16.6. The zero-order chi connectivity index (χ0) is 13.9. The first kappa shape index (κ1) is 12.2. The molecule has 3 aromatic heterocycles. The van der Waals surface area contributed by atoms with Crippen molar-refractivity contribution in [1.82, 2.24) is 29.6 Å². The Morgan fingerprint density at radius 2 is 2.20 bits per heavy atom. The van der Waals surface area contributed by atoms with Gasteiger partial charge in [-0.25, -0.2) is 4.68 Å². The van der Waals surface area contributed by atoms with Gasteiger partial charge in [-0.3, -0.25) is 4.98 Å². The Bertz CT molecular complexity index is 739. The second-order valence-corrected chi connectivity index (χ2v) is 4.35. The summed E-state index contributed by atoms with van der Waals surface area (Å²) in [5.41, 5.74) is 2.81. The molecule has 3 aromatic rings. The van der Waals surface area contributed by atoms with Crippen molar-refractivity contribution in [2.24, 2.45) is 5.10 Å². The highest BCUT2D eigenvalue weighted by molar-refractivity contribution is 5.78. The van der Waals surface area contributed by atoms with Crippen molar-refractivity contribution in [3.63, 3.8) is 0 Å². The number of aromatic nitrogens is 6. The molecule has 0 fully saturated rings. The molecule has 0 aromatic carbocycles. The van der Waals surface area contributed by atoms with Crippen LogP contribution in [0.4, 0.5) is 0 Å². The zero-order valence-electron chi connectivity index (χ0n) is 11.2. The SMILES string of the molecule is Cc1cc(C)n(-c2nncn2/N=C\c2cccnc2)n1. The molecule has 3 heterocycles. The third-order valence-corrected chi connectivity index (χ3v) is 2.73. The van der Waals surface area contributed by atoms with Crippen LogP contribution in [-0.4, -0.2) is 35.9 Å². The van der Waals surface area contributed by atoms with Gasteiger partial charge in [0.05, 0.1) is 11.9 Å². The van der Waals surface area contributed by atoms with E-state index in [1.54, 1.807) is 34.3 Å². The van der Waals surface area contributed by atoms with Crippen molar-refractivity contribution in [3.05, 3.63) is 53.9 Å². The van der Waals surface area contributed by atoms with Gasteiger partial charge in [-0.15, -0.1) is 10.2 Å². The molecule has 0 spiro atoms. The minimum atomic E-state index is 0.552. The molecule has 0 unspecified atom stereocenters. The van der Waals surface area contributed by atoms with Crippen molar-refractivity contribution in [1.29, 1.82) is 0 Å². The number of hydrogen-bond acceptors (Lipinski definition) is 5. The number of pyridine rings is 1. The topological polar surface area (TPSA) is 73.8 Å². The Kier molecular flexibility index (Phi) is 3.08. The van der Waals surface area contributed by atoms with Crippen LogP contribution in [0.5, 0.6) is 0 Å². The molecule has 0 radical (unpaired) electrons. The molecule has 0 aliphatic carbocycles. The largest absolute Gasteiger partial charge is 0.273 e. The molecule has 7 nitrogen and oxygen atoms in total. The smallest absolute Gasteiger partial charge is 0.264 e. The quantitative estimate of drug-likeness (QED) is 0.671. The third kappa shape index (κ3) is 2.33. The lowest BCUT2D eigenvalue weighted by atomic mass is 10.3. The third-order valence-electron chi connectivity index (χ3n) is 2.73. The van der Waals surface area contributed by atoms with E-state index in [-0.39, 0.29) is 0 Å². The van der Waals surface area contributed by atoms with E-state index in [9.17, 15) is 0 Å². The molecule has 20 heavy (non-hydrogen) atoms. The van der Waals surface area contributed by atoms with E-state index in [4.69, 9.17) is 0 Å². The van der Waals surface area contributed by atoms with Crippen LogP contribution in [-0.2, 0) is 0 Å². The van der Waals surface area contributed by atoms with Gasteiger partial charge >= 0.3 is 0 Å².